The third kappa shape index (κ3) is 5.30. The predicted molar refractivity (Wildman–Crippen MR) is 95.4 cm³/mol. The lowest BCUT2D eigenvalue weighted by Crippen LogP contribution is -2.36. The molecule has 9 heteroatoms. The summed E-state index contributed by atoms with van der Waals surface area (Å²) in [6, 6.07) is 8.62. The maximum absolute atomic E-state index is 12.1. The highest BCUT2D eigenvalue weighted by Crippen LogP contribution is 2.20. The van der Waals surface area contributed by atoms with Crippen molar-refractivity contribution in [3.63, 3.8) is 0 Å². The molecular weight excluding hydrogens is 364 g/mol. The minimum atomic E-state index is -3.64. The molecule has 7 nitrogen and oxygen atoms in total. The summed E-state index contributed by atoms with van der Waals surface area (Å²) in [5.41, 5.74) is 0.658. The number of nitrogens with one attached hydrogen (secondary N) is 2. The van der Waals surface area contributed by atoms with Crippen molar-refractivity contribution in [1.29, 1.82) is 0 Å². The van der Waals surface area contributed by atoms with Crippen LogP contribution in [0.25, 0.3) is 0 Å². The number of carboxylic acid groups (broad SMARTS) is 1. The number of rotatable bonds is 8. The number of anilines is 1. The molecule has 0 bridgehead atoms. The fraction of sp³-hybridized carbons (Fsp3) is 0.250. The topological polar surface area (TPSA) is 113 Å². The molecule has 2 aromatic rings. The fourth-order valence-electron chi connectivity index (χ4n) is 2.09. The van der Waals surface area contributed by atoms with E-state index < -0.39 is 27.9 Å². The first kappa shape index (κ1) is 18.9. The van der Waals surface area contributed by atoms with Gasteiger partial charge < -0.3 is 10.4 Å². The highest BCUT2D eigenvalue weighted by Gasteiger charge is 2.17. The van der Waals surface area contributed by atoms with Crippen molar-refractivity contribution in [2.75, 3.05) is 4.72 Å². The molecule has 2 rings (SSSR count). The van der Waals surface area contributed by atoms with Crippen LogP contribution in [0, 0.1) is 0 Å². The average molecular weight is 382 g/mol. The van der Waals surface area contributed by atoms with Crippen LogP contribution in [-0.4, -0.2) is 31.4 Å². The first-order chi connectivity index (χ1) is 11.8. The number of benzene rings is 1. The average Bonchev–Trinajstić information content (AvgIpc) is 3.09. The van der Waals surface area contributed by atoms with Crippen LogP contribution in [0.1, 0.15) is 30.1 Å². The SMILES string of the molecule is CC[C@@H](CC(=O)O)NC(=O)c1ccc(NS(=O)(=O)c2cccs2)cc1. The van der Waals surface area contributed by atoms with E-state index in [0.717, 1.165) is 11.3 Å². The van der Waals surface area contributed by atoms with Crippen molar-refractivity contribution in [3.05, 3.63) is 47.3 Å². The molecule has 1 aromatic heterocycles. The summed E-state index contributed by atoms with van der Waals surface area (Å²) in [6.07, 6.45) is 0.345. The molecule has 25 heavy (non-hydrogen) atoms. The van der Waals surface area contributed by atoms with Crippen LogP contribution in [0.3, 0.4) is 0 Å². The van der Waals surface area contributed by atoms with Crippen LogP contribution in [0.15, 0.2) is 46.0 Å². The van der Waals surface area contributed by atoms with Gasteiger partial charge in [0.1, 0.15) is 4.21 Å². The molecule has 0 saturated carbocycles. The van der Waals surface area contributed by atoms with Gasteiger partial charge in [-0.3, -0.25) is 14.3 Å². The molecule has 0 unspecified atom stereocenters. The molecule has 0 spiro atoms. The second kappa shape index (κ2) is 8.13. The largest absolute Gasteiger partial charge is 0.481 e. The van der Waals surface area contributed by atoms with Gasteiger partial charge in [-0.1, -0.05) is 13.0 Å². The van der Waals surface area contributed by atoms with Crippen molar-refractivity contribution in [2.24, 2.45) is 0 Å². The number of hydrogen-bond acceptors (Lipinski definition) is 5. The Morgan fingerprint density at radius 3 is 2.40 bits per heavy atom. The number of carbonyl (C=O) groups excluding carboxylic acids is 1. The van der Waals surface area contributed by atoms with Gasteiger partial charge in [0.25, 0.3) is 15.9 Å². The third-order valence-electron chi connectivity index (χ3n) is 3.41. The second-order valence-electron chi connectivity index (χ2n) is 5.29. The van der Waals surface area contributed by atoms with Gasteiger partial charge in [-0.2, -0.15) is 0 Å². The Morgan fingerprint density at radius 2 is 1.88 bits per heavy atom. The summed E-state index contributed by atoms with van der Waals surface area (Å²) >= 11 is 1.11. The van der Waals surface area contributed by atoms with E-state index in [1.54, 1.807) is 18.4 Å². The number of hydrogen-bond donors (Lipinski definition) is 3. The molecule has 0 fully saturated rings. The Morgan fingerprint density at radius 1 is 1.20 bits per heavy atom. The molecule has 0 aliphatic carbocycles. The first-order valence-electron chi connectivity index (χ1n) is 7.51. The van der Waals surface area contributed by atoms with Crippen molar-refractivity contribution < 1.29 is 23.1 Å². The van der Waals surface area contributed by atoms with Crippen LogP contribution in [0.2, 0.25) is 0 Å². The number of carbonyl (C=O) groups is 2. The molecular formula is C16H18N2O5S2. The zero-order chi connectivity index (χ0) is 18.4. The lowest BCUT2D eigenvalue weighted by Gasteiger charge is -2.15. The zero-order valence-corrected chi connectivity index (χ0v) is 15.1. The molecule has 0 radical (unpaired) electrons. The lowest BCUT2D eigenvalue weighted by atomic mass is 10.1. The van der Waals surface area contributed by atoms with E-state index in [1.807, 2.05) is 0 Å². The summed E-state index contributed by atoms with van der Waals surface area (Å²) in [6.45, 7) is 1.79. The second-order valence-corrected chi connectivity index (χ2v) is 8.15. The standard InChI is InChI=1S/C16H18N2O5S2/c1-2-12(10-14(19)20)17-16(21)11-5-7-13(8-6-11)18-25(22,23)15-4-3-9-24-15/h3-9,12,18H,2,10H2,1H3,(H,17,21)(H,19,20)/t12-/m0/s1. The molecule has 3 N–H and O–H groups in total. The van der Waals surface area contributed by atoms with Gasteiger partial charge in [-0.05, 0) is 42.1 Å². The van der Waals surface area contributed by atoms with E-state index in [2.05, 4.69) is 10.0 Å². The molecule has 1 heterocycles. The number of sulfonamides is 1. The van der Waals surface area contributed by atoms with Crippen molar-refractivity contribution in [3.8, 4) is 0 Å². The number of aliphatic carboxylic acids is 1. The summed E-state index contributed by atoms with van der Waals surface area (Å²) in [5, 5.41) is 13.1. The summed E-state index contributed by atoms with van der Waals surface area (Å²) < 4.78 is 26.9. The van der Waals surface area contributed by atoms with Crippen molar-refractivity contribution >= 4 is 38.9 Å². The highest BCUT2D eigenvalue weighted by molar-refractivity contribution is 7.94. The minimum absolute atomic E-state index is 0.152. The molecule has 0 aliphatic rings. The fourth-order valence-corrected chi connectivity index (χ4v) is 4.14. The molecule has 1 atom stereocenters. The smallest absolute Gasteiger partial charge is 0.305 e. The monoisotopic (exact) mass is 382 g/mol. The van der Waals surface area contributed by atoms with E-state index in [1.165, 1.54) is 30.3 Å². The quantitative estimate of drug-likeness (QED) is 0.649. The Hall–Kier alpha value is -2.39. The third-order valence-corrected chi connectivity index (χ3v) is 6.19. The van der Waals surface area contributed by atoms with E-state index in [-0.39, 0.29) is 10.6 Å². The van der Waals surface area contributed by atoms with Crippen LogP contribution >= 0.6 is 11.3 Å². The zero-order valence-electron chi connectivity index (χ0n) is 13.4. The van der Waals surface area contributed by atoms with Gasteiger partial charge in [-0.15, -0.1) is 11.3 Å². The van der Waals surface area contributed by atoms with E-state index >= 15 is 0 Å². The van der Waals surface area contributed by atoms with E-state index in [0.29, 0.717) is 17.7 Å². The highest BCUT2D eigenvalue weighted by atomic mass is 32.2. The van der Waals surface area contributed by atoms with Crippen LogP contribution in [0.5, 0.6) is 0 Å². The van der Waals surface area contributed by atoms with E-state index in [4.69, 9.17) is 5.11 Å². The maximum Gasteiger partial charge on any atom is 0.305 e. The number of amides is 1. The summed E-state index contributed by atoms with van der Waals surface area (Å²) in [4.78, 5) is 22.9. The van der Waals surface area contributed by atoms with Gasteiger partial charge in [0.15, 0.2) is 0 Å². The van der Waals surface area contributed by atoms with Gasteiger partial charge in [0, 0.05) is 17.3 Å². The minimum Gasteiger partial charge on any atom is -0.481 e. The van der Waals surface area contributed by atoms with E-state index in [9.17, 15) is 18.0 Å². The molecule has 134 valence electrons. The normalized spacial score (nSPS) is 12.4. The van der Waals surface area contributed by atoms with Crippen LogP contribution in [0.4, 0.5) is 5.69 Å². The predicted octanol–water partition coefficient (Wildman–Crippen LogP) is 2.53. The Labute approximate surface area is 149 Å². The Kier molecular flexibility index (Phi) is 6.16. The molecule has 1 amide bonds. The molecule has 0 saturated heterocycles. The van der Waals surface area contributed by atoms with Crippen LogP contribution in [-0.2, 0) is 14.8 Å². The Bertz CT molecular complexity index is 830. The first-order valence-corrected chi connectivity index (χ1v) is 9.87. The lowest BCUT2D eigenvalue weighted by molar-refractivity contribution is -0.137. The number of thiophene rings is 1. The van der Waals surface area contributed by atoms with Gasteiger partial charge in [0.2, 0.25) is 0 Å². The van der Waals surface area contributed by atoms with Gasteiger partial charge in [0.05, 0.1) is 6.42 Å². The van der Waals surface area contributed by atoms with Gasteiger partial charge in [-0.25, -0.2) is 8.42 Å². The Balaban J connectivity index is 2.04. The van der Waals surface area contributed by atoms with Gasteiger partial charge >= 0.3 is 5.97 Å². The molecule has 1 aromatic carbocycles. The summed E-state index contributed by atoms with van der Waals surface area (Å²) in [5.74, 6) is -1.38. The van der Waals surface area contributed by atoms with Crippen molar-refractivity contribution in [2.45, 2.75) is 30.0 Å². The summed E-state index contributed by atoms with van der Waals surface area (Å²) in [7, 11) is -3.64. The number of carboxylic acids is 1. The van der Waals surface area contributed by atoms with Crippen molar-refractivity contribution in [1.82, 2.24) is 5.32 Å². The van der Waals surface area contributed by atoms with Crippen LogP contribution < -0.4 is 10.0 Å². The maximum atomic E-state index is 12.1. The molecule has 0 aliphatic heterocycles.